The highest BCUT2D eigenvalue weighted by atomic mass is 16.1. The lowest BCUT2D eigenvalue weighted by atomic mass is 9.95. The summed E-state index contributed by atoms with van der Waals surface area (Å²) in [7, 11) is 0. The van der Waals surface area contributed by atoms with Crippen LogP contribution in [-0.4, -0.2) is 22.1 Å². The molecule has 0 spiro atoms. The lowest BCUT2D eigenvalue weighted by Gasteiger charge is -2.22. The van der Waals surface area contributed by atoms with Crippen molar-refractivity contribution in [1.29, 1.82) is 0 Å². The van der Waals surface area contributed by atoms with E-state index in [0.29, 0.717) is 6.04 Å². The Morgan fingerprint density at radius 2 is 2.20 bits per heavy atom. The number of hydrogen-bond acceptors (Lipinski definition) is 2. The molecule has 3 N–H and O–H groups in total. The Hall–Kier alpha value is -1.03. The molecule has 3 rings (SSSR count). The smallest absolute Gasteiger partial charge is 0.311 e. The van der Waals surface area contributed by atoms with Crippen LogP contribution in [0.25, 0.3) is 0 Å². The molecule has 4 heteroatoms. The molecule has 2 aliphatic rings. The Kier molecular flexibility index (Phi) is 1.99. The average Bonchev–Trinajstić information content (AvgIpc) is 2.83. The van der Waals surface area contributed by atoms with E-state index in [1.807, 2.05) is 6.92 Å². The maximum atomic E-state index is 11.1. The van der Waals surface area contributed by atoms with Crippen LogP contribution in [0.5, 0.6) is 0 Å². The third-order valence-corrected chi connectivity index (χ3v) is 3.93. The number of aromatic nitrogens is 2. The van der Waals surface area contributed by atoms with Gasteiger partial charge in [-0.1, -0.05) is 0 Å². The summed E-state index contributed by atoms with van der Waals surface area (Å²) in [5, 5.41) is 3.64. The topological polar surface area (TPSA) is 60.7 Å². The molecule has 0 aromatic carbocycles. The fraction of sp³-hybridized carbons (Fsp3) is 0.727. The van der Waals surface area contributed by atoms with Crippen LogP contribution in [0.2, 0.25) is 0 Å². The monoisotopic (exact) mass is 207 g/mol. The second kappa shape index (κ2) is 3.23. The zero-order valence-corrected chi connectivity index (χ0v) is 8.97. The molecule has 3 unspecified atom stereocenters. The Balaban J connectivity index is 1.76. The zero-order chi connectivity index (χ0) is 10.4. The SMILES string of the molecule is Cc1[nH]c(=O)[nH]c1CC1NC2CCC1C2. The summed E-state index contributed by atoms with van der Waals surface area (Å²) in [5.41, 5.74) is 1.99. The third-order valence-electron chi connectivity index (χ3n) is 3.93. The number of H-pyrrole nitrogens is 2. The average molecular weight is 207 g/mol. The van der Waals surface area contributed by atoms with E-state index < -0.39 is 0 Å². The first-order valence-electron chi connectivity index (χ1n) is 5.76. The first kappa shape index (κ1) is 9.21. The van der Waals surface area contributed by atoms with Crippen LogP contribution in [-0.2, 0) is 6.42 Å². The molecule has 4 nitrogen and oxygen atoms in total. The molecule has 1 saturated carbocycles. The summed E-state index contributed by atoms with van der Waals surface area (Å²) >= 11 is 0. The second-order valence-corrected chi connectivity index (χ2v) is 4.93. The van der Waals surface area contributed by atoms with Crippen molar-refractivity contribution in [2.45, 2.75) is 44.7 Å². The van der Waals surface area contributed by atoms with Crippen LogP contribution in [0.1, 0.15) is 30.7 Å². The molecule has 1 aliphatic heterocycles. The van der Waals surface area contributed by atoms with Gasteiger partial charge in [0.05, 0.1) is 0 Å². The number of nitrogens with one attached hydrogen (secondary N) is 3. The highest BCUT2D eigenvalue weighted by molar-refractivity contribution is 5.13. The molecule has 0 amide bonds. The number of fused-ring (bicyclic) bond motifs is 2. The zero-order valence-electron chi connectivity index (χ0n) is 8.97. The molecule has 1 aromatic rings. The molecule has 15 heavy (non-hydrogen) atoms. The summed E-state index contributed by atoms with van der Waals surface area (Å²) in [6.45, 7) is 1.96. The Bertz CT molecular complexity index is 420. The lowest BCUT2D eigenvalue weighted by molar-refractivity contribution is 0.377. The Labute approximate surface area is 88.5 Å². The summed E-state index contributed by atoms with van der Waals surface area (Å²) in [6, 6.07) is 1.32. The van der Waals surface area contributed by atoms with Gasteiger partial charge in [0, 0.05) is 29.9 Å². The molecular formula is C11H17N3O. The van der Waals surface area contributed by atoms with Crippen molar-refractivity contribution in [1.82, 2.24) is 15.3 Å². The number of rotatable bonds is 2. The lowest BCUT2D eigenvalue weighted by Crippen LogP contribution is -2.37. The molecule has 82 valence electrons. The maximum absolute atomic E-state index is 11.1. The van der Waals surface area contributed by atoms with Crippen molar-refractivity contribution in [2.24, 2.45) is 5.92 Å². The van der Waals surface area contributed by atoms with Crippen molar-refractivity contribution in [2.75, 3.05) is 0 Å². The van der Waals surface area contributed by atoms with Gasteiger partial charge in [-0.3, -0.25) is 0 Å². The van der Waals surface area contributed by atoms with Crippen LogP contribution in [0.4, 0.5) is 0 Å². The van der Waals surface area contributed by atoms with E-state index in [9.17, 15) is 4.79 Å². The predicted octanol–water partition coefficient (Wildman–Crippen LogP) is 0.694. The standard InChI is InChI=1S/C11H17N3O/c1-6-9(14-11(15)12-6)5-10-7-2-3-8(4-7)13-10/h7-8,10,13H,2-5H2,1H3,(H2,12,14,15). The fourth-order valence-corrected chi connectivity index (χ4v) is 3.13. The van der Waals surface area contributed by atoms with Crippen molar-refractivity contribution in [3.8, 4) is 0 Å². The van der Waals surface area contributed by atoms with Crippen molar-refractivity contribution < 1.29 is 0 Å². The van der Waals surface area contributed by atoms with E-state index in [1.165, 1.54) is 19.3 Å². The Morgan fingerprint density at radius 3 is 2.73 bits per heavy atom. The van der Waals surface area contributed by atoms with Crippen LogP contribution in [0, 0.1) is 12.8 Å². The van der Waals surface area contributed by atoms with Gasteiger partial charge in [0.15, 0.2) is 0 Å². The van der Waals surface area contributed by atoms with Gasteiger partial charge >= 0.3 is 5.69 Å². The van der Waals surface area contributed by atoms with Crippen molar-refractivity contribution in [3.63, 3.8) is 0 Å². The van der Waals surface area contributed by atoms with Gasteiger partial charge in [0.2, 0.25) is 0 Å². The quantitative estimate of drug-likeness (QED) is 0.668. The van der Waals surface area contributed by atoms with Crippen molar-refractivity contribution >= 4 is 0 Å². The number of imidazole rings is 1. The molecule has 0 radical (unpaired) electrons. The van der Waals surface area contributed by atoms with E-state index in [-0.39, 0.29) is 5.69 Å². The van der Waals surface area contributed by atoms with Gasteiger partial charge in [-0.2, -0.15) is 0 Å². The molecule has 2 heterocycles. The predicted molar refractivity (Wildman–Crippen MR) is 57.9 cm³/mol. The first-order chi connectivity index (χ1) is 7.22. The van der Waals surface area contributed by atoms with Gasteiger partial charge < -0.3 is 15.3 Å². The van der Waals surface area contributed by atoms with Gasteiger partial charge in [0.1, 0.15) is 0 Å². The number of hydrogen-bond donors (Lipinski definition) is 3. The highest BCUT2D eigenvalue weighted by Gasteiger charge is 2.39. The first-order valence-corrected chi connectivity index (χ1v) is 5.76. The molecule has 2 bridgehead atoms. The normalized spacial score (nSPS) is 33.8. The fourth-order valence-electron chi connectivity index (χ4n) is 3.13. The van der Waals surface area contributed by atoms with E-state index in [1.54, 1.807) is 0 Å². The summed E-state index contributed by atoms with van der Waals surface area (Å²) in [4.78, 5) is 16.8. The minimum atomic E-state index is -0.0781. The van der Waals surface area contributed by atoms with Gasteiger partial charge in [-0.15, -0.1) is 0 Å². The van der Waals surface area contributed by atoms with Gasteiger partial charge in [0.25, 0.3) is 0 Å². The summed E-state index contributed by atoms with van der Waals surface area (Å²) in [6.07, 6.45) is 4.99. The van der Waals surface area contributed by atoms with E-state index >= 15 is 0 Å². The van der Waals surface area contributed by atoms with Gasteiger partial charge in [-0.25, -0.2) is 4.79 Å². The molecule has 1 aliphatic carbocycles. The minimum Gasteiger partial charge on any atom is -0.311 e. The third kappa shape index (κ3) is 1.53. The number of aryl methyl sites for hydroxylation is 1. The van der Waals surface area contributed by atoms with Crippen molar-refractivity contribution in [3.05, 3.63) is 21.9 Å². The number of aromatic amines is 2. The minimum absolute atomic E-state index is 0.0781. The summed E-state index contributed by atoms with van der Waals surface area (Å²) in [5.74, 6) is 0.827. The number of piperidine rings is 1. The summed E-state index contributed by atoms with van der Waals surface area (Å²) < 4.78 is 0. The van der Waals surface area contributed by atoms with Crippen LogP contribution >= 0.6 is 0 Å². The van der Waals surface area contributed by atoms with Gasteiger partial charge in [-0.05, 0) is 32.1 Å². The largest absolute Gasteiger partial charge is 0.323 e. The Morgan fingerprint density at radius 1 is 1.33 bits per heavy atom. The van der Waals surface area contributed by atoms with E-state index in [0.717, 1.165) is 29.8 Å². The molecule has 1 saturated heterocycles. The maximum Gasteiger partial charge on any atom is 0.323 e. The highest BCUT2D eigenvalue weighted by Crippen LogP contribution is 2.36. The second-order valence-electron chi connectivity index (χ2n) is 4.93. The molecule has 1 aromatic heterocycles. The van der Waals surface area contributed by atoms with E-state index in [4.69, 9.17) is 0 Å². The molecule has 2 fully saturated rings. The van der Waals surface area contributed by atoms with Crippen LogP contribution in [0.3, 0.4) is 0 Å². The van der Waals surface area contributed by atoms with Crippen LogP contribution < -0.4 is 11.0 Å². The molecule has 3 atom stereocenters. The molecular weight excluding hydrogens is 190 g/mol. The van der Waals surface area contributed by atoms with Crippen LogP contribution in [0.15, 0.2) is 4.79 Å². The van der Waals surface area contributed by atoms with E-state index in [2.05, 4.69) is 15.3 Å².